The van der Waals surface area contributed by atoms with E-state index in [1.165, 1.54) is 12.3 Å². The van der Waals surface area contributed by atoms with Gasteiger partial charge in [-0.2, -0.15) is 5.26 Å². The molecule has 0 aromatic carbocycles. The fraction of sp³-hybridized carbons (Fsp3) is 0.538. The first-order valence-electron chi connectivity index (χ1n) is 7.40. The first-order chi connectivity index (χ1) is 9.95. The van der Waals surface area contributed by atoms with Crippen LogP contribution in [0.1, 0.15) is 37.5 Å². The minimum Gasteiger partial charge on any atom is -0.494 e. The van der Waals surface area contributed by atoms with Crippen LogP contribution in [0.25, 0.3) is 0 Å². The van der Waals surface area contributed by atoms with Crippen LogP contribution in [0.3, 0.4) is 0 Å². The molecule has 1 aromatic rings. The van der Waals surface area contributed by atoms with E-state index >= 15 is 0 Å². The Morgan fingerprint density at radius 2 is 2.00 bits per heavy atom. The fourth-order valence-corrected chi connectivity index (χ4v) is 1.73. The molecular formula is C13H17BN2O3. The third kappa shape index (κ3) is 2.31. The summed E-state index contributed by atoms with van der Waals surface area (Å²) in [6.07, 6.45) is 1.42. The van der Waals surface area contributed by atoms with Crippen molar-refractivity contribution in [2.24, 2.45) is 0 Å². The highest BCUT2D eigenvalue weighted by Gasteiger charge is 2.51. The van der Waals surface area contributed by atoms with Crippen molar-refractivity contribution in [3.05, 3.63) is 18.0 Å². The van der Waals surface area contributed by atoms with Gasteiger partial charge in [-0.25, -0.2) is 4.98 Å². The number of ether oxygens (including phenoxy) is 1. The average molecular weight is 263 g/mol. The number of pyridine rings is 1. The van der Waals surface area contributed by atoms with Gasteiger partial charge in [-0.1, -0.05) is 0 Å². The van der Waals surface area contributed by atoms with Gasteiger partial charge in [-0.15, -0.1) is 0 Å². The predicted octanol–water partition coefficient (Wildman–Crippen LogP) is 1.26. The number of nitrogens with zero attached hydrogens (tertiary/aromatic N) is 2. The molecule has 0 aliphatic carbocycles. The van der Waals surface area contributed by atoms with Crippen molar-refractivity contribution in [3.8, 4) is 11.8 Å². The molecular weight excluding hydrogens is 243 g/mol. The molecule has 2 heterocycles. The molecule has 0 spiro atoms. The maximum absolute atomic E-state index is 9.00. The quantitative estimate of drug-likeness (QED) is 0.751. The highest BCUT2D eigenvalue weighted by Crippen LogP contribution is 2.36. The smallest absolute Gasteiger partial charge is 0.494 e. The first kappa shape index (κ1) is 10.2. The molecule has 1 saturated heterocycles. The van der Waals surface area contributed by atoms with Gasteiger partial charge in [-0.3, -0.25) is 0 Å². The predicted molar refractivity (Wildman–Crippen MR) is 71.2 cm³/mol. The van der Waals surface area contributed by atoms with E-state index in [0.717, 1.165) is 0 Å². The standard InChI is InChI=1S/C13H17BN2O3/c1-12(2)13(3,4)19-14(18-12)9-6-11(17-5)10(7-15)16-8-9/h6,8H,1-5H3/i5D3. The highest BCUT2D eigenvalue weighted by atomic mass is 16.7. The van der Waals surface area contributed by atoms with Crippen molar-refractivity contribution >= 4 is 12.6 Å². The van der Waals surface area contributed by atoms with Crippen molar-refractivity contribution < 1.29 is 18.2 Å². The van der Waals surface area contributed by atoms with E-state index < -0.39 is 25.4 Å². The van der Waals surface area contributed by atoms with E-state index in [4.69, 9.17) is 23.4 Å². The van der Waals surface area contributed by atoms with E-state index in [0.29, 0.717) is 5.46 Å². The van der Waals surface area contributed by atoms with Gasteiger partial charge in [-0.05, 0) is 33.8 Å². The molecule has 100 valence electrons. The van der Waals surface area contributed by atoms with Gasteiger partial charge in [0, 0.05) is 11.7 Å². The van der Waals surface area contributed by atoms with Gasteiger partial charge in [0.1, 0.15) is 6.07 Å². The maximum Gasteiger partial charge on any atom is 0.496 e. The molecule has 1 aromatic heterocycles. The normalized spacial score (nSPS) is 23.1. The molecule has 19 heavy (non-hydrogen) atoms. The summed E-state index contributed by atoms with van der Waals surface area (Å²) in [6.45, 7) is 7.63. The summed E-state index contributed by atoms with van der Waals surface area (Å²) in [7, 11) is -3.37. The lowest BCUT2D eigenvalue weighted by atomic mass is 9.80. The number of hydrogen-bond acceptors (Lipinski definition) is 5. The van der Waals surface area contributed by atoms with Gasteiger partial charge >= 0.3 is 7.12 Å². The Kier molecular flexibility index (Phi) is 2.43. The Hall–Kier alpha value is -1.58. The van der Waals surface area contributed by atoms with E-state index in [9.17, 15) is 0 Å². The third-order valence-electron chi connectivity index (χ3n) is 3.62. The molecule has 0 unspecified atom stereocenters. The molecule has 0 amide bonds. The highest BCUT2D eigenvalue weighted by molar-refractivity contribution is 6.62. The molecule has 2 rings (SSSR count). The zero-order valence-electron chi connectivity index (χ0n) is 14.4. The minimum atomic E-state index is -2.66. The summed E-state index contributed by atoms with van der Waals surface area (Å²) >= 11 is 0. The Labute approximate surface area is 117 Å². The van der Waals surface area contributed by atoms with Crippen molar-refractivity contribution in [3.63, 3.8) is 0 Å². The second-order valence-corrected chi connectivity index (χ2v) is 5.42. The number of methoxy groups -OCH3 is 1. The molecule has 0 N–H and O–H groups in total. The van der Waals surface area contributed by atoms with E-state index in [-0.39, 0.29) is 11.4 Å². The van der Waals surface area contributed by atoms with Crippen LogP contribution in [0, 0.1) is 11.3 Å². The van der Waals surface area contributed by atoms with Crippen LogP contribution in [0.2, 0.25) is 0 Å². The largest absolute Gasteiger partial charge is 0.496 e. The number of hydrogen-bond donors (Lipinski definition) is 0. The summed E-state index contributed by atoms with van der Waals surface area (Å²) in [5, 5.41) is 9.00. The Morgan fingerprint density at radius 3 is 2.53 bits per heavy atom. The van der Waals surface area contributed by atoms with Crippen molar-refractivity contribution in [1.29, 1.82) is 5.26 Å². The Balaban J connectivity index is 2.35. The van der Waals surface area contributed by atoms with E-state index in [1.54, 1.807) is 6.07 Å². The third-order valence-corrected chi connectivity index (χ3v) is 3.62. The minimum absolute atomic E-state index is 0.101. The number of aromatic nitrogens is 1. The van der Waals surface area contributed by atoms with Crippen LogP contribution in [0.5, 0.6) is 5.75 Å². The lowest BCUT2D eigenvalue weighted by Crippen LogP contribution is -2.41. The first-order valence-corrected chi connectivity index (χ1v) is 5.90. The van der Waals surface area contributed by atoms with Crippen LogP contribution in [0.15, 0.2) is 12.3 Å². The second kappa shape index (κ2) is 4.51. The van der Waals surface area contributed by atoms with Gasteiger partial charge in [0.05, 0.1) is 22.4 Å². The van der Waals surface area contributed by atoms with Gasteiger partial charge in [0.15, 0.2) is 11.4 Å². The summed E-state index contributed by atoms with van der Waals surface area (Å²) in [5.41, 5.74) is -0.666. The molecule has 0 atom stereocenters. The van der Waals surface area contributed by atoms with Crippen LogP contribution < -0.4 is 10.2 Å². The van der Waals surface area contributed by atoms with Crippen LogP contribution in [-0.4, -0.2) is 30.3 Å². The molecule has 5 nitrogen and oxygen atoms in total. The average Bonchev–Trinajstić information content (AvgIpc) is 2.56. The number of rotatable bonds is 2. The summed E-state index contributed by atoms with van der Waals surface area (Å²) < 4.78 is 38.0. The topological polar surface area (TPSA) is 64.4 Å². The van der Waals surface area contributed by atoms with Gasteiger partial charge in [0.2, 0.25) is 0 Å². The van der Waals surface area contributed by atoms with E-state index in [2.05, 4.69) is 4.98 Å². The Bertz CT molecular complexity index is 610. The molecule has 0 bridgehead atoms. The van der Waals surface area contributed by atoms with Gasteiger partial charge < -0.3 is 14.0 Å². The Morgan fingerprint density at radius 1 is 1.37 bits per heavy atom. The molecule has 1 fully saturated rings. The maximum atomic E-state index is 9.00. The van der Waals surface area contributed by atoms with Crippen LogP contribution in [0.4, 0.5) is 0 Å². The zero-order chi connectivity index (χ0) is 16.8. The summed E-state index contributed by atoms with van der Waals surface area (Å²) in [5.74, 6) is -0.116. The molecule has 0 saturated carbocycles. The molecule has 1 aliphatic heterocycles. The van der Waals surface area contributed by atoms with Crippen molar-refractivity contribution in [1.82, 2.24) is 4.98 Å². The van der Waals surface area contributed by atoms with Crippen molar-refractivity contribution in [2.75, 3.05) is 7.04 Å². The van der Waals surface area contributed by atoms with Crippen LogP contribution in [-0.2, 0) is 9.31 Å². The van der Waals surface area contributed by atoms with Crippen molar-refractivity contribution in [2.45, 2.75) is 38.9 Å². The zero-order valence-corrected chi connectivity index (χ0v) is 11.4. The molecule has 6 heteroatoms. The molecule has 1 aliphatic rings. The van der Waals surface area contributed by atoms with E-state index in [1.807, 2.05) is 27.7 Å². The SMILES string of the molecule is [2H]C([2H])([2H])Oc1cc(B2OC(C)(C)C(C)(C)O2)cnc1C#N. The monoisotopic (exact) mass is 263 g/mol. The van der Waals surface area contributed by atoms with Gasteiger partial charge in [0.25, 0.3) is 0 Å². The number of nitriles is 1. The molecule has 0 radical (unpaired) electrons. The lowest BCUT2D eigenvalue weighted by Gasteiger charge is -2.32. The summed E-state index contributed by atoms with van der Waals surface area (Å²) in [4.78, 5) is 3.93. The second-order valence-electron chi connectivity index (χ2n) is 5.42. The van der Waals surface area contributed by atoms with Crippen LogP contribution >= 0.6 is 0 Å². The lowest BCUT2D eigenvalue weighted by molar-refractivity contribution is 0.00578. The summed E-state index contributed by atoms with van der Waals surface area (Å²) in [6, 6.07) is 3.22. The fourth-order valence-electron chi connectivity index (χ4n) is 1.73.